The van der Waals surface area contributed by atoms with Crippen molar-refractivity contribution in [2.45, 2.75) is 58.4 Å². The van der Waals surface area contributed by atoms with E-state index in [-0.39, 0.29) is 0 Å². The van der Waals surface area contributed by atoms with Crippen LogP contribution in [0.2, 0.25) is 5.02 Å². The molecule has 1 aromatic carbocycles. The summed E-state index contributed by atoms with van der Waals surface area (Å²) in [6, 6.07) is 6.74. The topological polar surface area (TPSA) is 12.0 Å². The van der Waals surface area contributed by atoms with Crippen LogP contribution >= 0.6 is 27.5 Å². The highest BCUT2D eigenvalue weighted by Crippen LogP contribution is 2.23. The molecule has 3 heteroatoms. The summed E-state index contributed by atoms with van der Waals surface area (Å²) in [6.45, 7) is 5.55. The largest absolute Gasteiger partial charge is 0.314 e. The zero-order valence-corrected chi connectivity index (χ0v) is 14.4. The molecule has 0 radical (unpaired) electrons. The minimum Gasteiger partial charge on any atom is -0.314 e. The van der Waals surface area contributed by atoms with E-state index in [0.29, 0.717) is 6.04 Å². The van der Waals surface area contributed by atoms with Crippen LogP contribution in [0.1, 0.15) is 51.5 Å². The van der Waals surface area contributed by atoms with Crippen LogP contribution in [0.15, 0.2) is 22.7 Å². The number of halogens is 2. The molecule has 0 spiro atoms. The molecule has 0 aromatic heterocycles. The minimum atomic E-state index is 0.546. The predicted octanol–water partition coefficient (Wildman–Crippen LogP) is 5.59. The van der Waals surface area contributed by atoms with Gasteiger partial charge in [-0.05, 0) is 43.5 Å². The van der Waals surface area contributed by atoms with Crippen molar-refractivity contribution in [3.8, 4) is 0 Å². The Labute approximate surface area is 131 Å². The third-order valence-corrected chi connectivity index (χ3v) is 4.17. The van der Waals surface area contributed by atoms with Crippen LogP contribution < -0.4 is 5.32 Å². The fraction of sp³-hybridized carbons (Fsp3) is 0.625. The lowest BCUT2D eigenvalue weighted by Gasteiger charge is -2.19. The minimum absolute atomic E-state index is 0.546. The van der Waals surface area contributed by atoms with Crippen LogP contribution in [-0.4, -0.2) is 12.6 Å². The molecule has 0 aliphatic carbocycles. The molecule has 0 bridgehead atoms. The Balaban J connectivity index is 2.58. The highest BCUT2D eigenvalue weighted by atomic mass is 79.9. The quantitative estimate of drug-likeness (QED) is 0.574. The van der Waals surface area contributed by atoms with Crippen LogP contribution in [0.25, 0.3) is 0 Å². The number of unbranched alkanes of at least 4 members (excludes halogenated alkanes) is 2. The van der Waals surface area contributed by atoms with E-state index in [9.17, 15) is 0 Å². The van der Waals surface area contributed by atoms with Gasteiger partial charge in [-0.25, -0.2) is 0 Å². The second-order valence-corrected chi connectivity index (χ2v) is 6.41. The number of nitrogens with one attached hydrogen (secondary N) is 1. The Morgan fingerprint density at radius 1 is 1.21 bits per heavy atom. The maximum atomic E-state index is 6.31. The van der Waals surface area contributed by atoms with Crippen LogP contribution in [0, 0.1) is 0 Å². The molecule has 1 atom stereocenters. The first-order valence-electron chi connectivity index (χ1n) is 7.34. The molecular weight excluding hydrogens is 322 g/mol. The maximum Gasteiger partial charge on any atom is 0.0449 e. The number of benzene rings is 1. The molecular formula is C16H25BrClN. The van der Waals surface area contributed by atoms with Gasteiger partial charge in [0.15, 0.2) is 0 Å². The highest BCUT2D eigenvalue weighted by molar-refractivity contribution is 9.10. The molecule has 108 valence electrons. The van der Waals surface area contributed by atoms with Crippen molar-refractivity contribution in [1.29, 1.82) is 0 Å². The summed E-state index contributed by atoms with van der Waals surface area (Å²) in [5.74, 6) is 0. The summed E-state index contributed by atoms with van der Waals surface area (Å²) in [7, 11) is 0. The van der Waals surface area contributed by atoms with Gasteiger partial charge in [0.2, 0.25) is 0 Å². The average Bonchev–Trinajstić information content (AvgIpc) is 2.39. The first-order chi connectivity index (χ1) is 9.17. The van der Waals surface area contributed by atoms with Crippen molar-refractivity contribution in [2.24, 2.45) is 0 Å². The SMILES string of the molecule is CCCCCC(Cc1ccc(Br)cc1Cl)NCCC. The zero-order valence-electron chi connectivity index (χ0n) is 12.0. The molecule has 1 unspecified atom stereocenters. The number of hydrogen-bond acceptors (Lipinski definition) is 1. The van der Waals surface area contributed by atoms with Crippen molar-refractivity contribution >= 4 is 27.5 Å². The molecule has 0 fully saturated rings. The van der Waals surface area contributed by atoms with Crippen molar-refractivity contribution < 1.29 is 0 Å². The van der Waals surface area contributed by atoms with E-state index >= 15 is 0 Å². The van der Waals surface area contributed by atoms with Crippen LogP contribution in [0.3, 0.4) is 0 Å². The van der Waals surface area contributed by atoms with Gasteiger partial charge < -0.3 is 5.32 Å². The second kappa shape index (κ2) is 9.79. The fourth-order valence-electron chi connectivity index (χ4n) is 2.22. The first kappa shape index (κ1) is 17.0. The van der Waals surface area contributed by atoms with Crippen molar-refractivity contribution in [2.75, 3.05) is 6.54 Å². The average molecular weight is 347 g/mol. The van der Waals surface area contributed by atoms with Crippen molar-refractivity contribution in [1.82, 2.24) is 5.32 Å². The molecule has 0 heterocycles. The van der Waals surface area contributed by atoms with E-state index in [4.69, 9.17) is 11.6 Å². The molecule has 1 rings (SSSR count). The standard InChI is InChI=1S/C16H25BrClN/c1-3-5-6-7-15(19-10-4-2)11-13-8-9-14(17)12-16(13)18/h8-9,12,15,19H,3-7,10-11H2,1-2H3. The van der Waals surface area contributed by atoms with Crippen molar-refractivity contribution in [3.05, 3.63) is 33.3 Å². The molecule has 0 aliphatic heterocycles. The van der Waals surface area contributed by atoms with E-state index in [0.717, 1.165) is 22.5 Å². The first-order valence-corrected chi connectivity index (χ1v) is 8.51. The smallest absolute Gasteiger partial charge is 0.0449 e. The van der Waals surface area contributed by atoms with E-state index in [1.807, 2.05) is 6.07 Å². The Kier molecular flexibility index (Phi) is 8.76. The van der Waals surface area contributed by atoms with E-state index in [1.54, 1.807) is 0 Å². The molecule has 1 N–H and O–H groups in total. The van der Waals surface area contributed by atoms with E-state index < -0.39 is 0 Å². The third-order valence-electron chi connectivity index (χ3n) is 3.32. The lowest BCUT2D eigenvalue weighted by atomic mass is 10.00. The van der Waals surface area contributed by atoms with Gasteiger partial charge in [-0.2, -0.15) is 0 Å². The zero-order chi connectivity index (χ0) is 14.1. The van der Waals surface area contributed by atoms with Crippen molar-refractivity contribution in [3.63, 3.8) is 0 Å². The Bertz CT molecular complexity index is 368. The Morgan fingerprint density at radius 2 is 2.00 bits per heavy atom. The van der Waals surface area contributed by atoms with Gasteiger partial charge in [0.25, 0.3) is 0 Å². The Morgan fingerprint density at radius 3 is 2.63 bits per heavy atom. The summed E-state index contributed by atoms with van der Waals surface area (Å²) in [5.41, 5.74) is 1.25. The van der Waals surface area contributed by atoms with Gasteiger partial charge in [0.1, 0.15) is 0 Å². The molecule has 19 heavy (non-hydrogen) atoms. The van der Waals surface area contributed by atoms with Gasteiger partial charge in [-0.3, -0.25) is 0 Å². The summed E-state index contributed by atoms with van der Waals surface area (Å²) in [6.07, 6.45) is 7.33. The molecule has 0 aliphatic rings. The lowest BCUT2D eigenvalue weighted by molar-refractivity contribution is 0.456. The van der Waals surface area contributed by atoms with Gasteiger partial charge in [-0.15, -0.1) is 0 Å². The van der Waals surface area contributed by atoms with Gasteiger partial charge in [-0.1, -0.05) is 66.7 Å². The van der Waals surface area contributed by atoms with E-state index in [2.05, 4.69) is 47.2 Å². The van der Waals surface area contributed by atoms with E-state index in [1.165, 1.54) is 37.7 Å². The second-order valence-electron chi connectivity index (χ2n) is 5.09. The number of rotatable bonds is 9. The molecule has 0 amide bonds. The van der Waals surface area contributed by atoms with Gasteiger partial charge in [0.05, 0.1) is 0 Å². The molecule has 0 saturated heterocycles. The summed E-state index contributed by atoms with van der Waals surface area (Å²) in [5, 5.41) is 4.52. The van der Waals surface area contributed by atoms with Gasteiger partial charge >= 0.3 is 0 Å². The van der Waals surface area contributed by atoms with Gasteiger partial charge in [0, 0.05) is 15.5 Å². The predicted molar refractivity (Wildman–Crippen MR) is 89.1 cm³/mol. The molecule has 1 nitrogen and oxygen atoms in total. The molecule has 1 aromatic rings. The van der Waals surface area contributed by atoms with Crippen LogP contribution in [0.4, 0.5) is 0 Å². The summed E-state index contributed by atoms with van der Waals surface area (Å²) >= 11 is 9.77. The number of hydrogen-bond donors (Lipinski definition) is 1. The summed E-state index contributed by atoms with van der Waals surface area (Å²) < 4.78 is 1.05. The van der Waals surface area contributed by atoms with Crippen LogP contribution in [-0.2, 0) is 6.42 Å². The fourth-order valence-corrected chi connectivity index (χ4v) is 2.97. The lowest BCUT2D eigenvalue weighted by Crippen LogP contribution is -2.31. The maximum absolute atomic E-state index is 6.31. The highest BCUT2D eigenvalue weighted by Gasteiger charge is 2.11. The van der Waals surface area contributed by atoms with Crippen LogP contribution in [0.5, 0.6) is 0 Å². The normalized spacial score (nSPS) is 12.6. The molecule has 0 saturated carbocycles. The third kappa shape index (κ3) is 6.78. The summed E-state index contributed by atoms with van der Waals surface area (Å²) in [4.78, 5) is 0. The Hall–Kier alpha value is -0.0500. The monoisotopic (exact) mass is 345 g/mol.